The van der Waals surface area contributed by atoms with E-state index in [1.807, 2.05) is 13.8 Å². The zero-order valence-corrected chi connectivity index (χ0v) is 13.2. The van der Waals surface area contributed by atoms with Crippen molar-refractivity contribution in [1.29, 1.82) is 0 Å². The number of likely N-dealkylation sites (tertiary alicyclic amines) is 1. The van der Waals surface area contributed by atoms with Crippen LogP contribution in [0.15, 0.2) is 22.7 Å². The van der Waals surface area contributed by atoms with E-state index >= 15 is 0 Å². The lowest BCUT2D eigenvalue weighted by molar-refractivity contribution is -0.143. The number of amides is 2. The first-order valence-electron chi connectivity index (χ1n) is 6.62. The Balaban J connectivity index is 1.81. The van der Waals surface area contributed by atoms with Gasteiger partial charge in [0.1, 0.15) is 0 Å². The van der Waals surface area contributed by atoms with Crippen molar-refractivity contribution in [3.63, 3.8) is 0 Å². The van der Waals surface area contributed by atoms with Gasteiger partial charge in [0, 0.05) is 4.47 Å². The highest BCUT2D eigenvalue weighted by Gasteiger charge is 2.72. The molecule has 110 valence electrons. The molecule has 5 nitrogen and oxygen atoms in total. The van der Waals surface area contributed by atoms with Crippen molar-refractivity contribution >= 4 is 33.7 Å². The van der Waals surface area contributed by atoms with E-state index in [1.165, 1.54) is 17.0 Å². The van der Waals surface area contributed by atoms with E-state index in [9.17, 15) is 14.4 Å². The molecule has 2 amide bonds. The number of nitrogens with zero attached hydrogens (tertiary/aromatic N) is 1. The lowest BCUT2D eigenvalue weighted by atomic mass is 10.0. The van der Waals surface area contributed by atoms with Gasteiger partial charge in [-0.15, -0.1) is 0 Å². The van der Waals surface area contributed by atoms with Crippen LogP contribution in [0.3, 0.4) is 0 Å². The van der Waals surface area contributed by atoms with Crippen molar-refractivity contribution in [2.45, 2.75) is 20.4 Å². The van der Waals surface area contributed by atoms with Gasteiger partial charge in [-0.3, -0.25) is 14.5 Å². The van der Waals surface area contributed by atoms with Crippen LogP contribution >= 0.6 is 15.9 Å². The number of carboxylic acid groups (broad SMARTS) is 1. The average molecular weight is 352 g/mol. The number of imide groups is 1. The molecular weight excluding hydrogens is 338 g/mol. The van der Waals surface area contributed by atoms with Crippen molar-refractivity contribution < 1.29 is 19.5 Å². The Bertz CT molecular complexity index is 658. The number of halogens is 1. The molecule has 1 aromatic rings. The topological polar surface area (TPSA) is 74.7 Å². The average Bonchev–Trinajstić information content (AvgIpc) is 2.87. The van der Waals surface area contributed by atoms with Gasteiger partial charge in [-0.2, -0.15) is 0 Å². The van der Waals surface area contributed by atoms with E-state index in [0.717, 1.165) is 5.56 Å². The summed E-state index contributed by atoms with van der Waals surface area (Å²) in [5, 5.41) is 8.93. The molecule has 0 radical (unpaired) electrons. The Kier molecular flexibility index (Phi) is 2.99. The van der Waals surface area contributed by atoms with Gasteiger partial charge in [0.2, 0.25) is 11.8 Å². The summed E-state index contributed by atoms with van der Waals surface area (Å²) in [6.45, 7) is 4.06. The highest BCUT2D eigenvalue weighted by atomic mass is 79.9. The summed E-state index contributed by atoms with van der Waals surface area (Å²) in [4.78, 5) is 36.7. The minimum absolute atomic E-state index is 0.121. The maximum atomic E-state index is 12.3. The fourth-order valence-electron chi connectivity index (χ4n) is 3.14. The molecule has 1 saturated heterocycles. The van der Waals surface area contributed by atoms with E-state index in [-0.39, 0.29) is 41.2 Å². The van der Waals surface area contributed by atoms with E-state index < -0.39 is 5.97 Å². The Morgan fingerprint density at radius 2 is 1.86 bits per heavy atom. The number of fused-ring (bicyclic) bond motifs is 1. The monoisotopic (exact) mass is 351 g/mol. The second-order valence-corrected chi connectivity index (χ2v) is 7.01. The van der Waals surface area contributed by atoms with Crippen molar-refractivity contribution in [1.82, 2.24) is 4.90 Å². The van der Waals surface area contributed by atoms with Crippen molar-refractivity contribution in [3.8, 4) is 0 Å². The molecule has 2 unspecified atom stereocenters. The summed E-state index contributed by atoms with van der Waals surface area (Å²) in [6, 6.07) is 4.58. The van der Waals surface area contributed by atoms with Gasteiger partial charge in [0.05, 0.1) is 23.9 Å². The van der Waals surface area contributed by atoms with E-state index in [1.54, 1.807) is 6.07 Å². The summed E-state index contributed by atoms with van der Waals surface area (Å²) in [5.74, 6) is -1.64. The number of carboxylic acids is 1. The summed E-state index contributed by atoms with van der Waals surface area (Å²) in [7, 11) is 0. The van der Waals surface area contributed by atoms with Crippen LogP contribution in [0.1, 0.15) is 29.8 Å². The van der Waals surface area contributed by atoms with E-state index in [4.69, 9.17) is 5.11 Å². The minimum atomic E-state index is -1.02. The summed E-state index contributed by atoms with van der Waals surface area (Å²) >= 11 is 3.30. The largest absolute Gasteiger partial charge is 0.478 e. The third-order valence-electron chi connectivity index (χ3n) is 4.52. The van der Waals surface area contributed by atoms with Gasteiger partial charge in [0.15, 0.2) is 0 Å². The van der Waals surface area contributed by atoms with Crippen LogP contribution in [-0.2, 0) is 16.1 Å². The molecule has 0 aromatic heterocycles. The van der Waals surface area contributed by atoms with Crippen LogP contribution in [0.2, 0.25) is 0 Å². The lowest BCUT2D eigenvalue weighted by Crippen LogP contribution is -2.35. The van der Waals surface area contributed by atoms with Gasteiger partial charge in [-0.25, -0.2) is 4.79 Å². The van der Waals surface area contributed by atoms with Gasteiger partial charge in [-0.1, -0.05) is 35.8 Å². The number of hydrogen-bond acceptors (Lipinski definition) is 3. The molecule has 0 spiro atoms. The quantitative estimate of drug-likeness (QED) is 0.847. The summed E-state index contributed by atoms with van der Waals surface area (Å²) in [5.41, 5.74) is 0.671. The van der Waals surface area contributed by atoms with Crippen molar-refractivity contribution in [2.75, 3.05) is 0 Å². The number of rotatable bonds is 3. The Labute approximate surface area is 130 Å². The number of aromatic carboxylic acids is 1. The maximum absolute atomic E-state index is 12.3. The number of piperidine rings is 1. The standard InChI is InChI=1S/C15H14BrNO4/c1-15(2)10-11(15)13(19)17(12(10)18)6-8-4-3-7(14(20)21)5-9(8)16/h3-5,10-11H,6H2,1-2H3,(H,20,21). The second-order valence-electron chi connectivity index (χ2n) is 6.15. The second kappa shape index (κ2) is 4.40. The Hall–Kier alpha value is -1.69. The molecule has 1 heterocycles. The molecule has 1 aliphatic heterocycles. The number of carbonyl (C=O) groups excluding carboxylic acids is 2. The van der Waals surface area contributed by atoms with Crippen LogP contribution in [0, 0.1) is 17.3 Å². The highest BCUT2D eigenvalue weighted by Crippen LogP contribution is 2.63. The van der Waals surface area contributed by atoms with Gasteiger partial charge in [0.25, 0.3) is 0 Å². The maximum Gasteiger partial charge on any atom is 0.335 e. The molecule has 1 saturated carbocycles. The van der Waals surface area contributed by atoms with Gasteiger partial charge < -0.3 is 5.11 Å². The summed E-state index contributed by atoms with van der Waals surface area (Å²) in [6.07, 6.45) is 0. The molecule has 1 aliphatic carbocycles. The number of hydrogen-bond donors (Lipinski definition) is 1. The third kappa shape index (κ3) is 2.00. The Morgan fingerprint density at radius 1 is 1.29 bits per heavy atom. The van der Waals surface area contributed by atoms with Gasteiger partial charge in [-0.05, 0) is 23.1 Å². The summed E-state index contributed by atoms with van der Waals surface area (Å²) < 4.78 is 0.586. The fourth-order valence-corrected chi connectivity index (χ4v) is 3.64. The predicted molar refractivity (Wildman–Crippen MR) is 77.4 cm³/mol. The number of benzene rings is 1. The molecule has 2 fully saturated rings. The van der Waals surface area contributed by atoms with E-state index in [0.29, 0.717) is 4.47 Å². The number of carbonyl (C=O) groups is 3. The molecular formula is C15H14BrNO4. The van der Waals surface area contributed by atoms with Crippen molar-refractivity contribution in [2.24, 2.45) is 17.3 Å². The highest BCUT2D eigenvalue weighted by molar-refractivity contribution is 9.10. The van der Waals surface area contributed by atoms with Crippen LogP contribution < -0.4 is 0 Å². The molecule has 1 aromatic carbocycles. The zero-order chi connectivity index (χ0) is 15.5. The molecule has 0 bridgehead atoms. The predicted octanol–water partition coefficient (Wildman–Crippen LogP) is 2.29. The van der Waals surface area contributed by atoms with Gasteiger partial charge >= 0.3 is 5.97 Å². The molecule has 2 atom stereocenters. The minimum Gasteiger partial charge on any atom is -0.478 e. The SMILES string of the molecule is CC1(C)C2C(=O)N(Cc3ccc(C(=O)O)cc3Br)C(=O)C21. The first kappa shape index (κ1) is 14.3. The lowest BCUT2D eigenvalue weighted by Gasteiger charge is -2.21. The van der Waals surface area contributed by atoms with Crippen LogP contribution in [0.5, 0.6) is 0 Å². The fraction of sp³-hybridized carbons (Fsp3) is 0.400. The normalized spacial score (nSPS) is 26.0. The zero-order valence-electron chi connectivity index (χ0n) is 11.6. The smallest absolute Gasteiger partial charge is 0.335 e. The van der Waals surface area contributed by atoms with Crippen LogP contribution in [0.25, 0.3) is 0 Å². The molecule has 3 rings (SSSR count). The first-order chi connectivity index (χ1) is 9.75. The molecule has 21 heavy (non-hydrogen) atoms. The Morgan fingerprint density at radius 3 is 2.33 bits per heavy atom. The first-order valence-corrected chi connectivity index (χ1v) is 7.41. The van der Waals surface area contributed by atoms with E-state index in [2.05, 4.69) is 15.9 Å². The molecule has 1 N–H and O–H groups in total. The molecule has 6 heteroatoms. The molecule has 2 aliphatic rings. The van der Waals surface area contributed by atoms with Crippen LogP contribution in [-0.4, -0.2) is 27.8 Å². The van der Waals surface area contributed by atoms with Crippen molar-refractivity contribution in [3.05, 3.63) is 33.8 Å². The third-order valence-corrected chi connectivity index (χ3v) is 5.26. The van der Waals surface area contributed by atoms with Crippen LogP contribution in [0.4, 0.5) is 0 Å².